The van der Waals surface area contributed by atoms with Crippen LogP contribution in [0.4, 0.5) is 5.69 Å². The van der Waals surface area contributed by atoms with Gasteiger partial charge in [0.2, 0.25) is 5.91 Å². The Balaban J connectivity index is 2.04. The van der Waals surface area contributed by atoms with Gasteiger partial charge in [-0.2, -0.15) is 0 Å². The predicted octanol–water partition coefficient (Wildman–Crippen LogP) is 3.33. The van der Waals surface area contributed by atoms with E-state index in [1.807, 2.05) is 44.2 Å². The van der Waals surface area contributed by atoms with E-state index in [1.165, 1.54) is 12.1 Å². The smallest absolute Gasteiger partial charge is 0.271 e. The van der Waals surface area contributed by atoms with Gasteiger partial charge in [0.25, 0.3) is 5.69 Å². The Morgan fingerprint density at radius 2 is 1.92 bits per heavy atom. The summed E-state index contributed by atoms with van der Waals surface area (Å²) in [5.41, 5.74) is 2.04. The molecule has 0 radical (unpaired) electrons. The second-order valence-corrected chi connectivity index (χ2v) is 6.09. The summed E-state index contributed by atoms with van der Waals surface area (Å²) >= 11 is 0. The molecule has 128 valence electrons. The Hall–Kier alpha value is -3.22. The van der Waals surface area contributed by atoms with E-state index < -0.39 is 11.0 Å². The number of fused-ring (bicyclic) bond motifs is 1. The van der Waals surface area contributed by atoms with Crippen LogP contribution in [0.2, 0.25) is 0 Å². The number of H-pyrrole nitrogens is 1. The summed E-state index contributed by atoms with van der Waals surface area (Å²) in [5.74, 6) is 0.271. The fourth-order valence-corrected chi connectivity index (χ4v) is 2.53. The summed E-state index contributed by atoms with van der Waals surface area (Å²) < 4.78 is 0. The number of nitrogens with one attached hydrogen (secondary N) is 2. The van der Waals surface area contributed by atoms with Crippen molar-refractivity contribution in [3.8, 4) is 0 Å². The lowest BCUT2D eigenvalue weighted by molar-refractivity contribution is -0.384. The number of nitro benzene ring substituents is 1. The van der Waals surface area contributed by atoms with Crippen LogP contribution in [-0.4, -0.2) is 20.8 Å². The number of aromatic nitrogens is 2. The summed E-state index contributed by atoms with van der Waals surface area (Å²) in [6.45, 7) is 3.64. The maximum atomic E-state index is 12.2. The maximum Gasteiger partial charge on any atom is 0.271 e. The van der Waals surface area contributed by atoms with Gasteiger partial charge in [-0.3, -0.25) is 14.9 Å². The third kappa shape index (κ3) is 3.50. The zero-order valence-electron chi connectivity index (χ0n) is 13.9. The first-order valence-electron chi connectivity index (χ1n) is 7.95. The highest BCUT2D eigenvalue weighted by Crippen LogP contribution is 2.25. The van der Waals surface area contributed by atoms with Crippen molar-refractivity contribution >= 4 is 22.6 Å². The average Bonchev–Trinajstić information content (AvgIpc) is 3.02. The third-order valence-electron chi connectivity index (χ3n) is 3.91. The minimum absolute atomic E-state index is 0.00910. The summed E-state index contributed by atoms with van der Waals surface area (Å²) in [6, 6.07) is 13.5. The first kappa shape index (κ1) is 16.6. The van der Waals surface area contributed by atoms with Crippen LogP contribution in [0.15, 0.2) is 48.5 Å². The Morgan fingerprint density at radius 3 is 2.56 bits per heavy atom. The zero-order chi connectivity index (χ0) is 18.0. The molecule has 0 saturated heterocycles. The van der Waals surface area contributed by atoms with E-state index in [-0.39, 0.29) is 17.5 Å². The summed E-state index contributed by atoms with van der Waals surface area (Å²) in [7, 11) is 0. The number of nitro groups is 1. The number of amides is 1. The monoisotopic (exact) mass is 338 g/mol. The largest absolute Gasteiger partial charge is 0.342 e. The molecule has 7 nitrogen and oxygen atoms in total. The number of non-ortho nitro benzene ring substituents is 1. The standard InChI is InChI=1S/C18H18N4O3/c1-11(2)18(23)21-16(12-6-4-3-5-7-12)17-19-14-9-8-13(22(24)25)10-15(14)20-17/h3-11,16H,1-2H3,(H,19,20)(H,21,23). The highest BCUT2D eigenvalue weighted by molar-refractivity contribution is 5.80. The molecular formula is C18H18N4O3. The van der Waals surface area contributed by atoms with Crippen LogP contribution >= 0.6 is 0 Å². The number of carbonyl (C=O) groups is 1. The molecule has 1 aromatic heterocycles. The second-order valence-electron chi connectivity index (χ2n) is 6.09. The maximum absolute atomic E-state index is 12.2. The number of aromatic amines is 1. The highest BCUT2D eigenvalue weighted by Gasteiger charge is 2.22. The molecule has 1 unspecified atom stereocenters. The van der Waals surface area contributed by atoms with Gasteiger partial charge >= 0.3 is 0 Å². The van der Waals surface area contributed by atoms with E-state index in [0.29, 0.717) is 16.9 Å². The van der Waals surface area contributed by atoms with Crippen molar-refractivity contribution in [3.63, 3.8) is 0 Å². The fraction of sp³-hybridized carbons (Fsp3) is 0.222. The fourth-order valence-electron chi connectivity index (χ4n) is 2.53. The Labute approximate surface area is 144 Å². The molecule has 25 heavy (non-hydrogen) atoms. The van der Waals surface area contributed by atoms with Gasteiger partial charge in [-0.25, -0.2) is 4.98 Å². The average molecular weight is 338 g/mol. The molecule has 2 N–H and O–H groups in total. The van der Waals surface area contributed by atoms with Gasteiger partial charge in [0, 0.05) is 18.1 Å². The first-order valence-corrected chi connectivity index (χ1v) is 7.95. The van der Waals surface area contributed by atoms with Crippen molar-refractivity contribution in [3.05, 3.63) is 70.0 Å². The minimum atomic E-state index is -0.456. The Kier molecular flexibility index (Phi) is 4.47. The Bertz CT molecular complexity index is 918. The van der Waals surface area contributed by atoms with Crippen LogP contribution in [0.5, 0.6) is 0 Å². The number of hydrogen-bond donors (Lipinski definition) is 2. The van der Waals surface area contributed by atoms with Crippen LogP contribution < -0.4 is 5.32 Å². The van der Waals surface area contributed by atoms with Gasteiger partial charge in [0.15, 0.2) is 0 Å². The van der Waals surface area contributed by atoms with Gasteiger partial charge < -0.3 is 10.3 Å². The van der Waals surface area contributed by atoms with Crippen molar-refractivity contribution in [1.82, 2.24) is 15.3 Å². The second kappa shape index (κ2) is 6.72. The number of nitrogens with zero attached hydrogens (tertiary/aromatic N) is 2. The number of imidazole rings is 1. The summed E-state index contributed by atoms with van der Waals surface area (Å²) in [5, 5.41) is 13.9. The van der Waals surface area contributed by atoms with Crippen LogP contribution in [0.3, 0.4) is 0 Å². The quantitative estimate of drug-likeness (QED) is 0.550. The molecule has 0 saturated carbocycles. The van der Waals surface area contributed by atoms with Gasteiger partial charge in [0.05, 0.1) is 16.0 Å². The van der Waals surface area contributed by atoms with Gasteiger partial charge in [-0.15, -0.1) is 0 Å². The van der Waals surface area contributed by atoms with E-state index in [1.54, 1.807) is 6.07 Å². The molecule has 7 heteroatoms. The topological polar surface area (TPSA) is 101 Å². The molecule has 0 bridgehead atoms. The van der Waals surface area contributed by atoms with E-state index >= 15 is 0 Å². The molecule has 3 rings (SSSR count). The molecule has 1 amide bonds. The minimum Gasteiger partial charge on any atom is -0.342 e. The van der Waals surface area contributed by atoms with Crippen LogP contribution in [0, 0.1) is 16.0 Å². The number of benzene rings is 2. The first-order chi connectivity index (χ1) is 12.0. The van der Waals surface area contributed by atoms with E-state index in [2.05, 4.69) is 15.3 Å². The van der Waals surface area contributed by atoms with Crippen molar-refractivity contribution < 1.29 is 9.72 Å². The van der Waals surface area contributed by atoms with Crippen molar-refractivity contribution in [2.24, 2.45) is 5.92 Å². The van der Waals surface area contributed by atoms with Crippen molar-refractivity contribution in [2.75, 3.05) is 0 Å². The molecule has 0 aliphatic heterocycles. The van der Waals surface area contributed by atoms with E-state index in [0.717, 1.165) is 5.56 Å². The van der Waals surface area contributed by atoms with Crippen LogP contribution in [-0.2, 0) is 4.79 Å². The van der Waals surface area contributed by atoms with Gasteiger partial charge in [-0.05, 0) is 11.6 Å². The molecule has 0 aliphatic carbocycles. The van der Waals surface area contributed by atoms with E-state index in [4.69, 9.17) is 0 Å². The zero-order valence-corrected chi connectivity index (χ0v) is 13.9. The summed E-state index contributed by atoms with van der Waals surface area (Å²) in [6.07, 6.45) is 0. The molecule has 0 fully saturated rings. The lowest BCUT2D eigenvalue weighted by Gasteiger charge is -2.18. The molecule has 0 spiro atoms. The molecule has 2 aromatic carbocycles. The van der Waals surface area contributed by atoms with Gasteiger partial charge in [-0.1, -0.05) is 44.2 Å². The third-order valence-corrected chi connectivity index (χ3v) is 3.91. The summed E-state index contributed by atoms with van der Waals surface area (Å²) in [4.78, 5) is 30.3. The normalized spacial score (nSPS) is 12.3. The lowest BCUT2D eigenvalue weighted by Crippen LogP contribution is -2.33. The Morgan fingerprint density at radius 1 is 1.20 bits per heavy atom. The lowest BCUT2D eigenvalue weighted by atomic mass is 10.1. The molecule has 1 atom stereocenters. The number of hydrogen-bond acceptors (Lipinski definition) is 4. The SMILES string of the molecule is CC(C)C(=O)NC(c1ccccc1)c1nc2ccc([N+](=O)[O-])cc2[nH]1. The number of rotatable bonds is 5. The van der Waals surface area contributed by atoms with Crippen LogP contribution in [0.1, 0.15) is 31.3 Å². The van der Waals surface area contributed by atoms with E-state index in [9.17, 15) is 14.9 Å². The molecule has 1 heterocycles. The molecule has 0 aliphatic rings. The predicted molar refractivity (Wildman–Crippen MR) is 94.0 cm³/mol. The van der Waals surface area contributed by atoms with Crippen molar-refractivity contribution in [1.29, 1.82) is 0 Å². The van der Waals surface area contributed by atoms with Crippen molar-refractivity contribution in [2.45, 2.75) is 19.9 Å². The molecular weight excluding hydrogens is 320 g/mol. The molecule has 3 aromatic rings. The van der Waals surface area contributed by atoms with Gasteiger partial charge in [0.1, 0.15) is 11.9 Å². The van der Waals surface area contributed by atoms with Crippen LogP contribution in [0.25, 0.3) is 11.0 Å². The number of carbonyl (C=O) groups excluding carboxylic acids is 1. The highest BCUT2D eigenvalue weighted by atomic mass is 16.6.